The lowest BCUT2D eigenvalue weighted by Crippen LogP contribution is -2.16. The van der Waals surface area contributed by atoms with Gasteiger partial charge >= 0.3 is 0 Å². The Kier molecular flexibility index (Phi) is 4.58. The number of aryl methyl sites for hydroxylation is 1. The summed E-state index contributed by atoms with van der Waals surface area (Å²) in [6.07, 6.45) is 0. The molecular weight excluding hydrogens is 274 g/mol. The normalized spacial score (nSPS) is 10.2. The number of pyridine rings is 1. The number of amides is 1. The molecule has 0 bridgehead atoms. The van der Waals surface area contributed by atoms with E-state index in [0.717, 1.165) is 17.8 Å². The molecule has 0 fully saturated rings. The number of aromatic nitrogens is 1. The monoisotopic (exact) mass is 289 g/mol. The van der Waals surface area contributed by atoms with Gasteiger partial charge in [-0.2, -0.15) is 0 Å². The number of para-hydroxylation sites is 1. The lowest BCUT2D eigenvalue weighted by atomic mass is 10.2. The fourth-order valence-electron chi connectivity index (χ4n) is 1.78. The van der Waals surface area contributed by atoms with Gasteiger partial charge in [0.15, 0.2) is 0 Å². The molecule has 0 aliphatic rings. The summed E-state index contributed by atoms with van der Waals surface area (Å²) < 4.78 is 0. The number of rotatable bonds is 4. The third-order valence-corrected chi connectivity index (χ3v) is 3.12. The van der Waals surface area contributed by atoms with E-state index in [0.29, 0.717) is 10.8 Å². The van der Waals surface area contributed by atoms with Crippen molar-refractivity contribution in [3.63, 3.8) is 0 Å². The van der Waals surface area contributed by atoms with Crippen molar-refractivity contribution in [3.05, 3.63) is 52.7 Å². The van der Waals surface area contributed by atoms with Crippen LogP contribution in [-0.4, -0.2) is 17.4 Å². The Morgan fingerprint density at radius 2 is 2.00 bits per heavy atom. The molecule has 0 radical (unpaired) electrons. The summed E-state index contributed by atoms with van der Waals surface area (Å²) in [6, 6.07) is 11.0. The summed E-state index contributed by atoms with van der Waals surface area (Å²) in [5, 5.41) is 6.21. The Morgan fingerprint density at radius 1 is 1.25 bits per heavy atom. The van der Waals surface area contributed by atoms with Gasteiger partial charge in [-0.1, -0.05) is 29.8 Å². The fourth-order valence-corrected chi connectivity index (χ4v) is 1.97. The predicted molar refractivity (Wildman–Crippen MR) is 82.5 cm³/mol. The van der Waals surface area contributed by atoms with E-state index < -0.39 is 0 Å². The number of nitrogens with one attached hydrogen (secondary N) is 2. The molecule has 0 spiro atoms. The highest BCUT2D eigenvalue weighted by molar-refractivity contribution is 6.34. The Balaban J connectivity index is 2.25. The smallest absolute Gasteiger partial charge is 0.275 e. The minimum atomic E-state index is -0.316. The van der Waals surface area contributed by atoms with E-state index in [4.69, 9.17) is 11.6 Å². The third-order valence-electron chi connectivity index (χ3n) is 2.81. The molecular formula is C15H16ClN3O. The molecule has 2 rings (SSSR count). The zero-order valence-electron chi connectivity index (χ0n) is 11.4. The van der Waals surface area contributed by atoms with Gasteiger partial charge in [0, 0.05) is 12.2 Å². The lowest BCUT2D eigenvalue weighted by Gasteiger charge is -2.10. The zero-order valence-corrected chi connectivity index (χ0v) is 12.2. The highest BCUT2D eigenvalue weighted by Crippen LogP contribution is 2.19. The molecule has 20 heavy (non-hydrogen) atoms. The summed E-state index contributed by atoms with van der Waals surface area (Å²) in [5.74, 6) is 0.316. The van der Waals surface area contributed by atoms with Crippen LogP contribution in [0.15, 0.2) is 36.4 Å². The van der Waals surface area contributed by atoms with Gasteiger partial charge in [-0.3, -0.25) is 4.79 Å². The standard InChI is InChI=1S/C15H16ClN3O/c1-3-17-13-9-8-11(16)14(19-13)15(20)18-12-7-5-4-6-10(12)2/h4-9H,3H2,1-2H3,(H,17,19)(H,18,20). The Bertz CT molecular complexity index is 628. The number of hydrogen-bond donors (Lipinski definition) is 2. The van der Waals surface area contributed by atoms with Crippen LogP contribution < -0.4 is 10.6 Å². The van der Waals surface area contributed by atoms with E-state index in [1.165, 1.54) is 0 Å². The lowest BCUT2D eigenvalue weighted by molar-refractivity contribution is 0.102. The summed E-state index contributed by atoms with van der Waals surface area (Å²) >= 11 is 6.05. The van der Waals surface area contributed by atoms with Crippen LogP contribution >= 0.6 is 11.6 Å². The van der Waals surface area contributed by atoms with Crippen molar-refractivity contribution < 1.29 is 4.79 Å². The molecule has 0 unspecified atom stereocenters. The molecule has 0 saturated carbocycles. The molecule has 0 atom stereocenters. The molecule has 4 nitrogen and oxygen atoms in total. The highest BCUT2D eigenvalue weighted by Gasteiger charge is 2.14. The van der Waals surface area contributed by atoms with E-state index in [9.17, 15) is 4.79 Å². The SMILES string of the molecule is CCNc1ccc(Cl)c(C(=O)Nc2ccccc2C)n1. The van der Waals surface area contributed by atoms with Crippen LogP contribution in [0.25, 0.3) is 0 Å². The van der Waals surface area contributed by atoms with Crippen LogP contribution in [0, 0.1) is 6.92 Å². The van der Waals surface area contributed by atoms with Crippen molar-refractivity contribution in [1.82, 2.24) is 4.98 Å². The molecule has 1 aromatic carbocycles. The van der Waals surface area contributed by atoms with Crippen LogP contribution in [-0.2, 0) is 0 Å². The predicted octanol–water partition coefficient (Wildman–Crippen LogP) is 3.73. The number of anilines is 2. The topological polar surface area (TPSA) is 54.0 Å². The number of nitrogens with zero attached hydrogens (tertiary/aromatic N) is 1. The van der Waals surface area contributed by atoms with Gasteiger partial charge in [0.05, 0.1) is 5.02 Å². The van der Waals surface area contributed by atoms with Crippen molar-refractivity contribution in [2.75, 3.05) is 17.2 Å². The van der Waals surface area contributed by atoms with Gasteiger partial charge in [-0.05, 0) is 37.6 Å². The van der Waals surface area contributed by atoms with Gasteiger partial charge in [0.1, 0.15) is 11.5 Å². The molecule has 5 heteroatoms. The summed E-state index contributed by atoms with van der Waals surface area (Å²) in [5.41, 5.74) is 1.96. The van der Waals surface area contributed by atoms with Crippen LogP contribution in [0.1, 0.15) is 23.0 Å². The maximum Gasteiger partial charge on any atom is 0.275 e. The molecule has 1 aromatic heterocycles. The van der Waals surface area contributed by atoms with Gasteiger partial charge in [0.25, 0.3) is 5.91 Å². The Hall–Kier alpha value is -2.07. The summed E-state index contributed by atoms with van der Waals surface area (Å²) in [7, 11) is 0. The zero-order chi connectivity index (χ0) is 14.5. The minimum absolute atomic E-state index is 0.216. The Morgan fingerprint density at radius 3 is 2.70 bits per heavy atom. The quantitative estimate of drug-likeness (QED) is 0.902. The van der Waals surface area contributed by atoms with Crippen molar-refractivity contribution in [1.29, 1.82) is 0 Å². The van der Waals surface area contributed by atoms with E-state index >= 15 is 0 Å². The minimum Gasteiger partial charge on any atom is -0.370 e. The second-order valence-corrected chi connectivity index (χ2v) is 4.73. The second-order valence-electron chi connectivity index (χ2n) is 4.33. The van der Waals surface area contributed by atoms with E-state index in [-0.39, 0.29) is 11.6 Å². The number of benzene rings is 1. The number of halogens is 1. The molecule has 104 valence electrons. The van der Waals surface area contributed by atoms with Crippen LogP contribution in [0.5, 0.6) is 0 Å². The van der Waals surface area contributed by atoms with Gasteiger partial charge in [-0.25, -0.2) is 4.98 Å². The third kappa shape index (κ3) is 3.27. The first-order chi connectivity index (χ1) is 9.61. The van der Waals surface area contributed by atoms with Crippen LogP contribution in [0.4, 0.5) is 11.5 Å². The van der Waals surface area contributed by atoms with Crippen molar-refractivity contribution >= 4 is 29.0 Å². The van der Waals surface area contributed by atoms with Crippen LogP contribution in [0.2, 0.25) is 5.02 Å². The van der Waals surface area contributed by atoms with Gasteiger partial charge < -0.3 is 10.6 Å². The molecule has 2 N–H and O–H groups in total. The summed E-state index contributed by atoms with van der Waals surface area (Å²) in [6.45, 7) is 4.62. The van der Waals surface area contributed by atoms with E-state index in [1.54, 1.807) is 12.1 Å². The average molecular weight is 290 g/mol. The van der Waals surface area contributed by atoms with Crippen LogP contribution in [0.3, 0.4) is 0 Å². The number of carbonyl (C=O) groups excluding carboxylic acids is 1. The first-order valence-corrected chi connectivity index (χ1v) is 6.77. The maximum atomic E-state index is 12.3. The maximum absolute atomic E-state index is 12.3. The second kappa shape index (κ2) is 6.39. The van der Waals surface area contributed by atoms with Gasteiger partial charge in [0.2, 0.25) is 0 Å². The molecule has 1 amide bonds. The Labute approximate surface area is 123 Å². The molecule has 0 saturated heterocycles. The molecule has 1 heterocycles. The summed E-state index contributed by atoms with van der Waals surface area (Å²) in [4.78, 5) is 16.5. The number of hydrogen-bond acceptors (Lipinski definition) is 3. The van der Waals surface area contributed by atoms with Crippen molar-refractivity contribution in [3.8, 4) is 0 Å². The largest absolute Gasteiger partial charge is 0.370 e. The molecule has 2 aromatic rings. The van der Waals surface area contributed by atoms with Crippen molar-refractivity contribution in [2.24, 2.45) is 0 Å². The van der Waals surface area contributed by atoms with Crippen molar-refractivity contribution in [2.45, 2.75) is 13.8 Å². The molecule has 0 aliphatic carbocycles. The first-order valence-electron chi connectivity index (χ1n) is 6.39. The van der Waals surface area contributed by atoms with Gasteiger partial charge in [-0.15, -0.1) is 0 Å². The van der Waals surface area contributed by atoms with E-state index in [2.05, 4.69) is 15.6 Å². The fraction of sp³-hybridized carbons (Fsp3) is 0.200. The number of carbonyl (C=O) groups is 1. The first kappa shape index (κ1) is 14.3. The highest BCUT2D eigenvalue weighted by atomic mass is 35.5. The molecule has 0 aliphatic heterocycles. The average Bonchev–Trinajstić information content (AvgIpc) is 2.43. The van der Waals surface area contributed by atoms with E-state index in [1.807, 2.05) is 38.1 Å².